The van der Waals surface area contributed by atoms with Gasteiger partial charge in [0.05, 0.1) is 5.56 Å². The summed E-state index contributed by atoms with van der Waals surface area (Å²) in [6, 6.07) is 3.21. The van der Waals surface area contributed by atoms with Crippen LogP contribution in [0, 0.1) is 11.7 Å². The second-order valence-electron chi connectivity index (χ2n) is 5.53. The van der Waals surface area contributed by atoms with Gasteiger partial charge in [0.1, 0.15) is 5.82 Å². The van der Waals surface area contributed by atoms with Gasteiger partial charge in [-0.3, -0.25) is 4.79 Å². The summed E-state index contributed by atoms with van der Waals surface area (Å²) >= 11 is 0. The summed E-state index contributed by atoms with van der Waals surface area (Å²) in [4.78, 5) is 13.9. The highest BCUT2D eigenvalue weighted by atomic mass is 35.5. The smallest absolute Gasteiger partial charge is 0.266 e. The normalized spacial score (nSPS) is 17.3. The molecular weight excluding hydrogens is 317 g/mol. The molecule has 2 N–H and O–H groups in total. The minimum atomic E-state index is -2.88. The average molecular weight is 337 g/mol. The summed E-state index contributed by atoms with van der Waals surface area (Å²) < 4.78 is 38.5. The molecule has 1 aliphatic rings. The van der Waals surface area contributed by atoms with Crippen LogP contribution >= 0.6 is 12.4 Å². The minimum absolute atomic E-state index is 0. The fraction of sp³-hybridized carbons (Fsp3) is 0.533. The van der Waals surface area contributed by atoms with Crippen molar-refractivity contribution >= 4 is 18.3 Å². The molecule has 0 radical (unpaired) electrons. The van der Waals surface area contributed by atoms with Crippen molar-refractivity contribution in [3.05, 3.63) is 35.1 Å². The zero-order chi connectivity index (χ0) is 15.6. The number of halogens is 4. The zero-order valence-electron chi connectivity index (χ0n) is 12.3. The number of hydrogen-bond donors (Lipinski definition) is 1. The zero-order valence-corrected chi connectivity index (χ0v) is 13.1. The number of carbonyl (C=O) groups is 1. The third-order valence-corrected chi connectivity index (χ3v) is 4.05. The van der Waals surface area contributed by atoms with E-state index in [4.69, 9.17) is 5.73 Å². The van der Waals surface area contributed by atoms with Gasteiger partial charge in [-0.05, 0) is 43.9 Å². The van der Waals surface area contributed by atoms with Crippen LogP contribution in [0.25, 0.3) is 0 Å². The van der Waals surface area contributed by atoms with Crippen LogP contribution in [0.2, 0.25) is 0 Å². The van der Waals surface area contributed by atoms with Crippen molar-refractivity contribution in [1.82, 2.24) is 4.90 Å². The molecule has 0 bridgehead atoms. The highest BCUT2D eigenvalue weighted by molar-refractivity contribution is 5.94. The Morgan fingerprint density at radius 3 is 2.36 bits per heavy atom. The Labute approximate surface area is 134 Å². The van der Waals surface area contributed by atoms with Crippen molar-refractivity contribution in [1.29, 1.82) is 0 Å². The summed E-state index contributed by atoms with van der Waals surface area (Å²) in [5.74, 6) is -0.980. The van der Waals surface area contributed by atoms with Crippen molar-refractivity contribution in [3.63, 3.8) is 0 Å². The van der Waals surface area contributed by atoms with Crippen LogP contribution in [-0.4, -0.2) is 29.9 Å². The number of benzene rings is 1. The fourth-order valence-corrected chi connectivity index (χ4v) is 2.65. The monoisotopic (exact) mass is 336 g/mol. The summed E-state index contributed by atoms with van der Waals surface area (Å²) in [7, 11) is 0. The number of hydrogen-bond acceptors (Lipinski definition) is 2. The molecule has 2 rings (SSSR count). The Balaban J connectivity index is 0.00000242. The molecule has 124 valence electrons. The van der Waals surface area contributed by atoms with Crippen LogP contribution in [0.4, 0.5) is 13.2 Å². The molecule has 1 fully saturated rings. The Kier molecular flexibility index (Phi) is 6.68. The van der Waals surface area contributed by atoms with Crippen LogP contribution in [0.15, 0.2) is 18.2 Å². The number of alkyl halides is 2. The van der Waals surface area contributed by atoms with Gasteiger partial charge in [0.25, 0.3) is 12.3 Å². The number of likely N-dealkylation sites (tertiary alicyclic amines) is 1. The van der Waals surface area contributed by atoms with Crippen molar-refractivity contribution in [2.45, 2.75) is 32.2 Å². The first kappa shape index (κ1) is 18.8. The van der Waals surface area contributed by atoms with Crippen molar-refractivity contribution in [2.75, 3.05) is 13.1 Å². The Hall–Kier alpha value is -1.27. The van der Waals surface area contributed by atoms with Crippen LogP contribution < -0.4 is 5.73 Å². The lowest BCUT2D eigenvalue weighted by molar-refractivity contribution is 0.0680. The fourth-order valence-electron chi connectivity index (χ4n) is 2.65. The van der Waals surface area contributed by atoms with E-state index in [2.05, 4.69) is 0 Å². The average Bonchev–Trinajstić information content (AvgIpc) is 2.46. The van der Waals surface area contributed by atoms with E-state index in [9.17, 15) is 18.0 Å². The molecule has 1 amide bonds. The summed E-state index contributed by atoms with van der Waals surface area (Å²) in [6.07, 6.45) is -1.27. The lowest BCUT2D eigenvalue weighted by Crippen LogP contribution is -2.42. The van der Waals surface area contributed by atoms with Crippen LogP contribution in [0.3, 0.4) is 0 Å². The first-order valence-electron chi connectivity index (χ1n) is 7.02. The largest absolute Gasteiger partial charge is 0.339 e. The first-order chi connectivity index (χ1) is 9.90. The molecule has 1 aliphatic heterocycles. The molecule has 1 aromatic rings. The summed E-state index contributed by atoms with van der Waals surface area (Å²) in [5, 5.41) is 0. The van der Waals surface area contributed by atoms with Crippen LogP contribution in [-0.2, 0) is 0 Å². The molecule has 7 heteroatoms. The number of rotatable bonds is 3. The van der Waals surface area contributed by atoms with E-state index in [1.54, 1.807) is 4.90 Å². The van der Waals surface area contributed by atoms with E-state index in [-0.39, 0.29) is 29.9 Å². The lowest BCUT2D eigenvalue weighted by atomic mass is 9.90. The number of carbonyl (C=O) groups excluding carboxylic acids is 1. The quantitative estimate of drug-likeness (QED) is 0.919. The van der Waals surface area contributed by atoms with Crippen LogP contribution in [0.5, 0.6) is 0 Å². The molecule has 1 atom stereocenters. The second kappa shape index (κ2) is 7.83. The Morgan fingerprint density at radius 2 is 1.91 bits per heavy atom. The molecule has 0 aliphatic carbocycles. The summed E-state index contributed by atoms with van der Waals surface area (Å²) in [5.41, 5.74) is 5.27. The molecule has 1 unspecified atom stereocenters. The van der Waals surface area contributed by atoms with E-state index >= 15 is 0 Å². The standard InChI is InChI=1S/C15H19F3N2O.ClH/c1-9(19)10-4-6-20(7-5-10)15(21)11-2-3-12(14(17)18)13(16)8-11;/h2-3,8-10,14H,4-7,19H2,1H3;1H. The van der Waals surface area contributed by atoms with E-state index in [1.807, 2.05) is 6.92 Å². The molecular formula is C15H20ClF3N2O. The van der Waals surface area contributed by atoms with E-state index in [1.165, 1.54) is 6.07 Å². The molecule has 1 saturated heterocycles. The van der Waals surface area contributed by atoms with Gasteiger partial charge in [0.2, 0.25) is 0 Å². The van der Waals surface area contributed by atoms with Gasteiger partial charge in [-0.2, -0.15) is 0 Å². The molecule has 0 saturated carbocycles. The van der Waals surface area contributed by atoms with Crippen LogP contribution in [0.1, 0.15) is 42.1 Å². The molecule has 0 spiro atoms. The molecule has 1 heterocycles. The number of piperidine rings is 1. The van der Waals surface area contributed by atoms with Crippen molar-refractivity contribution < 1.29 is 18.0 Å². The molecule has 1 aromatic carbocycles. The molecule has 0 aromatic heterocycles. The predicted octanol–water partition coefficient (Wildman–Crippen LogP) is 3.38. The van der Waals surface area contributed by atoms with Gasteiger partial charge < -0.3 is 10.6 Å². The van der Waals surface area contributed by atoms with Crippen molar-refractivity contribution in [3.8, 4) is 0 Å². The van der Waals surface area contributed by atoms with Crippen molar-refractivity contribution in [2.24, 2.45) is 11.7 Å². The third-order valence-electron chi connectivity index (χ3n) is 4.05. The Bertz CT molecular complexity index is 518. The first-order valence-corrected chi connectivity index (χ1v) is 7.02. The highest BCUT2D eigenvalue weighted by Gasteiger charge is 2.26. The van der Waals surface area contributed by atoms with Gasteiger partial charge in [0.15, 0.2) is 0 Å². The van der Waals surface area contributed by atoms with E-state index in [0.29, 0.717) is 19.0 Å². The molecule has 3 nitrogen and oxygen atoms in total. The van der Waals surface area contributed by atoms with Gasteiger partial charge in [-0.25, -0.2) is 13.2 Å². The van der Waals surface area contributed by atoms with E-state index in [0.717, 1.165) is 25.0 Å². The maximum atomic E-state index is 13.5. The minimum Gasteiger partial charge on any atom is -0.339 e. The van der Waals surface area contributed by atoms with Gasteiger partial charge in [0, 0.05) is 24.7 Å². The molecule has 22 heavy (non-hydrogen) atoms. The number of amides is 1. The number of nitrogens with two attached hydrogens (primary N) is 1. The maximum Gasteiger partial charge on any atom is 0.266 e. The third kappa shape index (κ3) is 4.14. The summed E-state index contributed by atoms with van der Waals surface area (Å²) in [6.45, 7) is 3.06. The Morgan fingerprint density at radius 1 is 1.32 bits per heavy atom. The second-order valence-corrected chi connectivity index (χ2v) is 5.53. The van der Waals surface area contributed by atoms with Gasteiger partial charge in [-0.1, -0.05) is 0 Å². The van der Waals surface area contributed by atoms with E-state index < -0.39 is 17.8 Å². The van der Waals surface area contributed by atoms with Gasteiger partial charge >= 0.3 is 0 Å². The predicted molar refractivity (Wildman–Crippen MR) is 80.9 cm³/mol. The lowest BCUT2D eigenvalue weighted by Gasteiger charge is -2.33. The number of nitrogens with zero attached hydrogens (tertiary/aromatic N) is 1. The van der Waals surface area contributed by atoms with Gasteiger partial charge in [-0.15, -0.1) is 12.4 Å². The highest BCUT2D eigenvalue weighted by Crippen LogP contribution is 2.25. The SMILES string of the molecule is CC(N)C1CCN(C(=O)c2ccc(C(F)F)c(F)c2)CC1.Cl. The topological polar surface area (TPSA) is 46.3 Å². The maximum absolute atomic E-state index is 13.5.